The summed E-state index contributed by atoms with van der Waals surface area (Å²) >= 11 is 0. The van der Waals surface area contributed by atoms with Gasteiger partial charge in [-0.25, -0.2) is 18.6 Å². The molecule has 9 rings (SSSR count). The van der Waals surface area contributed by atoms with Crippen LogP contribution >= 0.6 is 0 Å². The lowest BCUT2D eigenvalue weighted by atomic mass is 9.95. The molecule has 12 nitrogen and oxygen atoms in total. The molecule has 3 aliphatic heterocycles. The minimum atomic E-state index is -0.842. The molecule has 5 fully saturated rings. The third-order valence-electron chi connectivity index (χ3n) is 12.1. The van der Waals surface area contributed by atoms with Crippen LogP contribution in [0.2, 0.25) is 0 Å². The summed E-state index contributed by atoms with van der Waals surface area (Å²) in [5, 5.41) is 20.8. The van der Waals surface area contributed by atoms with Crippen LogP contribution in [0.1, 0.15) is 37.7 Å². The van der Waals surface area contributed by atoms with Gasteiger partial charge in [0.05, 0.1) is 37.4 Å². The van der Waals surface area contributed by atoms with Crippen molar-refractivity contribution in [2.75, 3.05) is 64.9 Å². The number of carbonyl (C=O) groups excluding carboxylic acids is 1. The second-order valence-corrected chi connectivity index (χ2v) is 15.7. The van der Waals surface area contributed by atoms with Gasteiger partial charge in [-0.05, 0) is 67.5 Å². The summed E-state index contributed by atoms with van der Waals surface area (Å²) < 4.78 is 44.6. The van der Waals surface area contributed by atoms with Crippen LogP contribution in [0.15, 0.2) is 24.3 Å². The fourth-order valence-corrected chi connectivity index (χ4v) is 9.08. The summed E-state index contributed by atoms with van der Waals surface area (Å²) in [6.45, 7) is 4.33. The van der Waals surface area contributed by atoms with Crippen molar-refractivity contribution in [2.24, 2.45) is 17.3 Å². The zero-order valence-corrected chi connectivity index (χ0v) is 30.2. The predicted molar refractivity (Wildman–Crippen MR) is 196 cm³/mol. The second kappa shape index (κ2) is 12.8. The van der Waals surface area contributed by atoms with Crippen molar-refractivity contribution < 1.29 is 28.2 Å². The number of aromatic hydroxyl groups is 1. The van der Waals surface area contributed by atoms with E-state index in [0.717, 1.165) is 57.2 Å². The van der Waals surface area contributed by atoms with E-state index in [-0.39, 0.29) is 80.8 Å². The van der Waals surface area contributed by atoms with Crippen molar-refractivity contribution in [2.45, 2.75) is 44.2 Å². The summed E-state index contributed by atoms with van der Waals surface area (Å²) in [5.74, 6) is 2.71. The first kappa shape index (κ1) is 34.3. The van der Waals surface area contributed by atoms with Crippen molar-refractivity contribution in [1.29, 1.82) is 5.26 Å². The molecule has 5 aliphatic rings. The van der Waals surface area contributed by atoms with Crippen molar-refractivity contribution in [1.82, 2.24) is 29.7 Å². The number of fused-ring (bicyclic) bond motifs is 5. The number of pyridine rings is 1. The number of amides is 2. The van der Waals surface area contributed by atoms with Gasteiger partial charge in [-0.15, -0.1) is 6.42 Å². The molecular weight excluding hydrogens is 694 g/mol. The Hall–Kier alpha value is -5.47. The predicted octanol–water partition coefficient (Wildman–Crippen LogP) is 5.16. The first-order chi connectivity index (χ1) is 26.1. The molecule has 2 amide bonds. The number of ether oxygens (including phenoxy) is 2. The first-order valence-corrected chi connectivity index (χ1v) is 18.5. The molecule has 2 aromatic carbocycles. The summed E-state index contributed by atoms with van der Waals surface area (Å²) in [7, 11) is 3.03. The molecule has 1 N–H and O–H groups in total. The smallest absolute Gasteiger partial charge is 0.321 e. The molecule has 2 aromatic heterocycles. The van der Waals surface area contributed by atoms with Crippen molar-refractivity contribution in [3.63, 3.8) is 0 Å². The number of phenols is 1. The Labute approximate surface area is 311 Å². The topological polar surface area (TPSA) is 131 Å². The average Bonchev–Trinajstić information content (AvgIpc) is 4.05. The highest BCUT2D eigenvalue weighted by molar-refractivity contribution is 6.04. The number of piperazine rings is 1. The monoisotopic (exact) mass is 734 g/mol. The number of methoxy groups -OCH3 is 1. The molecule has 2 saturated carbocycles. The number of nitrogens with zero attached hydrogens (tertiary/aromatic N) is 8. The van der Waals surface area contributed by atoms with Gasteiger partial charge in [0.1, 0.15) is 40.5 Å². The maximum absolute atomic E-state index is 17.3. The lowest BCUT2D eigenvalue weighted by molar-refractivity contribution is 0.135. The van der Waals surface area contributed by atoms with Crippen LogP contribution in [0.25, 0.3) is 32.9 Å². The quantitative estimate of drug-likeness (QED) is 0.182. The lowest BCUT2D eigenvalue weighted by Crippen LogP contribution is -2.58. The average molecular weight is 735 g/mol. The van der Waals surface area contributed by atoms with E-state index in [9.17, 15) is 15.2 Å². The highest BCUT2D eigenvalue weighted by Gasteiger charge is 2.51. The first-order valence-electron chi connectivity index (χ1n) is 18.5. The number of hydrogen-bond donors (Lipinski definition) is 1. The Kier molecular flexibility index (Phi) is 8.16. The van der Waals surface area contributed by atoms with Gasteiger partial charge < -0.3 is 34.2 Å². The fourth-order valence-electron chi connectivity index (χ4n) is 9.08. The number of urea groups is 1. The van der Waals surface area contributed by atoms with Crippen LogP contribution in [-0.2, 0) is 0 Å². The van der Waals surface area contributed by atoms with E-state index < -0.39 is 11.6 Å². The molecule has 4 aromatic rings. The number of terminal acetylenes is 1. The molecule has 0 radical (unpaired) electrons. The molecular formula is C40H40F2N8O4. The fraction of sp³-hybridized carbons (Fsp3) is 0.475. The van der Waals surface area contributed by atoms with E-state index in [1.165, 1.54) is 42.7 Å². The van der Waals surface area contributed by atoms with Gasteiger partial charge in [0.25, 0.3) is 0 Å². The van der Waals surface area contributed by atoms with Gasteiger partial charge in [-0.1, -0.05) is 12.0 Å². The summed E-state index contributed by atoms with van der Waals surface area (Å²) in [6.07, 6.45) is 10.6. The van der Waals surface area contributed by atoms with Gasteiger partial charge in [-0.2, -0.15) is 15.2 Å². The second-order valence-electron chi connectivity index (χ2n) is 15.7. The Morgan fingerprint density at radius 2 is 1.83 bits per heavy atom. The number of aromatic nitrogens is 3. The van der Waals surface area contributed by atoms with Gasteiger partial charge >= 0.3 is 12.0 Å². The summed E-state index contributed by atoms with van der Waals surface area (Å²) in [5.41, 5.74) is -0.393. The maximum atomic E-state index is 17.3. The van der Waals surface area contributed by atoms with E-state index >= 15 is 8.78 Å². The van der Waals surface area contributed by atoms with Gasteiger partial charge in [0, 0.05) is 56.1 Å². The highest BCUT2D eigenvalue weighted by atomic mass is 19.1. The van der Waals surface area contributed by atoms with E-state index in [1.807, 2.05) is 15.9 Å². The number of rotatable bonds is 9. The Morgan fingerprint density at radius 3 is 2.50 bits per heavy atom. The molecule has 4 unspecified atom stereocenters. The van der Waals surface area contributed by atoms with E-state index in [1.54, 1.807) is 7.05 Å². The van der Waals surface area contributed by atoms with E-state index in [0.29, 0.717) is 30.9 Å². The highest BCUT2D eigenvalue weighted by Crippen LogP contribution is 2.51. The van der Waals surface area contributed by atoms with Gasteiger partial charge in [0.2, 0.25) is 5.88 Å². The van der Waals surface area contributed by atoms with Crippen LogP contribution in [0.4, 0.5) is 19.4 Å². The van der Waals surface area contributed by atoms with Crippen LogP contribution in [-0.4, -0.2) is 113 Å². The zero-order valence-electron chi connectivity index (χ0n) is 30.2. The van der Waals surface area contributed by atoms with E-state index in [4.69, 9.17) is 20.9 Å². The molecule has 278 valence electrons. The number of carbonyl (C=O) groups is 1. The number of likely N-dealkylation sites (tertiary alicyclic amines) is 1. The summed E-state index contributed by atoms with van der Waals surface area (Å²) in [4.78, 5) is 35.4. The molecule has 2 aliphatic carbocycles. The molecule has 3 saturated heterocycles. The third-order valence-corrected chi connectivity index (χ3v) is 12.1. The van der Waals surface area contributed by atoms with Gasteiger partial charge in [0.15, 0.2) is 5.82 Å². The Morgan fingerprint density at radius 1 is 1.09 bits per heavy atom. The SMILES string of the molecule is C#Cc1c(F)ccc2cc(O)cc(-c3nc(OC)c4c(N5CC6CCC(C5)N6C(=O)N(C)CC#N)nc(OCC5(CN6CC7CC7C6)CC5)nc4c3F)c12. The molecule has 54 heavy (non-hydrogen) atoms. The number of hydrogen-bond acceptors (Lipinski definition) is 10. The molecule has 0 spiro atoms. The number of nitriles is 1. The maximum Gasteiger partial charge on any atom is 0.321 e. The minimum absolute atomic E-state index is 0.00174. The van der Waals surface area contributed by atoms with E-state index in [2.05, 4.69) is 20.8 Å². The van der Waals surface area contributed by atoms with Crippen molar-refractivity contribution in [3.8, 4) is 47.3 Å². The zero-order chi connectivity index (χ0) is 37.5. The van der Waals surface area contributed by atoms with Crippen LogP contribution in [0.3, 0.4) is 0 Å². The van der Waals surface area contributed by atoms with Crippen molar-refractivity contribution >= 4 is 33.5 Å². The number of anilines is 1. The third kappa shape index (κ3) is 5.75. The van der Waals surface area contributed by atoms with Crippen LogP contribution in [0, 0.1) is 52.6 Å². The number of piperidine rings is 1. The molecule has 14 heteroatoms. The standard InChI is InChI=1S/C40H40F2N8O4/c1-4-28-30(41)8-5-22-14-27(51)15-29(31(22)28)34-33(42)35-32(37(44-34)53-3)36(49-18-25-6-7-26(19-49)50(25)39(52)47(2)12-11-43)46-38(45-35)54-21-40(9-10-40)20-48-16-23-13-24(23)17-48/h1,5,8,14-15,23-26,51H,6-7,9-10,12-13,16-21H2,2-3H3. The van der Waals surface area contributed by atoms with Crippen LogP contribution in [0.5, 0.6) is 17.6 Å². The number of phenolic OH excluding ortho intramolecular Hbond substituents is 1. The molecule has 5 heterocycles. The molecule has 4 atom stereocenters. The van der Waals surface area contributed by atoms with Crippen LogP contribution < -0.4 is 14.4 Å². The number of halogens is 2. The summed E-state index contributed by atoms with van der Waals surface area (Å²) in [6, 6.07) is 6.89. The normalized spacial score (nSPS) is 23.6. The Bertz CT molecular complexity index is 2280. The van der Waals surface area contributed by atoms with Crippen molar-refractivity contribution in [3.05, 3.63) is 41.5 Å². The number of benzene rings is 2. The largest absolute Gasteiger partial charge is 0.508 e. The minimum Gasteiger partial charge on any atom is -0.508 e. The van der Waals surface area contributed by atoms with Gasteiger partial charge in [-0.3, -0.25) is 0 Å². The lowest BCUT2D eigenvalue weighted by Gasteiger charge is -2.42. The molecule has 2 bridgehead atoms. The Balaban J connectivity index is 1.15.